The van der Waals surface area contributed by atoms with E-state index in [4.69, 9.17) is 22.1 Å². The van der Waals surface area contributed by atoms with Crippen LogP contribution in [0.3, 0.4) is 0 Å². The molecule has 1 saturated carbocycles. The number of ether oxygens (including phenoxy) is 1. The summed E-state index contributed by atoms with van der Waals surface area (Å²) in [7, 11) is -2.41. The number of nitrogen functional groups attached to an aromatic ring is 1. The monoisotopic (exact) mass is 322 g/mol. The molecule has 2 unspecified atom stereocenters. The minimum absolute atomic E-state index is 0.0250. The van der Waals surface area contributed by atoms with Crippen molar-refractivity contribution < 1.29 is 17.5 Å². The van der Waals surface area contributed by atoms with E-state index in [1.807, 2.05) is 0 Å². The topological polar surface area (TPSA) is 81.4 Å². The molecular weight excluding hydrogens is 307 g/mol. The van der Waals surface area contributed by atoms with Crippen molar-refractivity contribution in [2.45, 2.75) is 36.3 Å². The van der Waals surface area contributed by atoms with Crippen molar-refractivity contribution >= 4 is 27.3 Å². The van der Waals surface area contributed by atoms with E-state index in [0.717, 1.165) is 12.5 Å². The Labute approximate surface area is 122 Å². The molecule has 1 aromatic rings. The van der Waals surface area contributed by atoms with E-state index in [2.05, 4.69) is 4.72 Å². The summed E-state index contributed by atoms with van der Waals surface area (Å²) in [4.78, 5) is -0.525. The molecule has 2 rings (SSSR count). The van der Waals surface area contributed by atoms with E-state index in [-0.39, 0.29) is 22.9 Å². The summed E-state index contributed by atoms with van der Waals surface area (Å²) in [6, 6.07) is 1.95. The summed E-state index contributed by atoms with van der Waals surface area (Å²) >= 11 is 5.73. The summed E-state index contributed by atoms with van der Waals surface area (Å²) in [6.07, 6.45) is 2.00. The number of nitrogens with one attached hydrogen (secondary N) is 1. The van der Waals surface area contributed by atoms with Gasteiger partial charge in [-0.2, -0.15) is 0 Å². The van der Waals surface area contributed by atoms with Crippen molar-refractivity contribution in [3.05, 3.63) is 23.0 Å². The SMILES string of the molecule is COC1CCC(NS(=O)(=O)c2cc(Cl)cc(N)c2F)C1. The third kappa shape index (κ3) is 3.22. The first-order valence-electron chi connectivity index (χ1n) is 6.13. The van der Waals surface area contributed by atoms with Crippen LogP contribution in [0.5, 0.6) is 0 Å². The third-order valence-corrected chi connectivity index (χ3v) is 5.10. The summed E-state index contributed by atoms with van der Waals surface area (Å²) in [6.45, 7) is 0. The Kier molecular flexibility index (Phi) is 4.53. The fourth-order valence-corrected chi connectivity index (χ4v) is 4.03. The van der Waals surface area contributed by atoms with Crippen LogP contribution in [0.25, 0.3) is 0 Å². The Hall–Kier alpha value is -0.890. The van der Waals surface area contributed by atoms with Gasteiger partial charge in [0.25, 0.3) is 0 Å². The van der Waals surface area contributed by atoms with Crippen LogP contribution in [0.15, 0.2) is 17.0 Å². The maximum absolute atomic E-state index is 13.9. The number of nitrogens with two attached hydrogens (primary N) is 1. The number of hydrogen-bond acceptors (Lipinski definition) is 4. The molecule has 0 saturated heterocycles. The quantitative estimate of drug-likeness (QED) is 0.830. The van der Waals surface area contributed by atoms with Crippen LogP contribution < -0.4 is 10.5 Å². The number of methoxy groups -OCH3 is 1. The van der Waals surface area contributed by atoms with Gasteiger partial charge in [0.05, 0.1) is 11.8 Å². The fourth-order valence-electron chi connectivity index (χ4n) is 2.32. The highest BCUT2D eigenvalue weighted by atomic mass is 35.5. The molecule has 0 radical (unpaired) electrons. The van der Waals surface area contributed by atoms with Crippen molar-refractivity contribution in [1.29, 1.82) is 0 Å². The van der Waals surface area contributed by atoms with Gasteiger partial charge in [-0.25, -0.2) is 17.5 Å². The molecule has 1 aliphatic rings. The minimum atomic E-state index is -4.00. The van der Waals surface area contributed by atoms with Gasteiger partial charge in [-0.3, -0.25) is 0 Å². The molecule has 0 aromatic heterocycles. The van der Waals surface area contributed by atoms with E-state index in [9.17, 15) is 12.8 Å². The van der Waals surface area contributed by atoms with Crippen molar-refractivity contribution in [3.63, 3.8) is 0 Å². The maximum atomic E-state index is 13.9. The molecule has 0 heterocycles. The Balaban J connectivity index is 2.23. The highest BCUT2D eigenvalue weighted by Crippen LogP contribution is 2.27. The molecule has 2 atom stereocenters. The predicted octanol–water partition coefficient (Wildman–Crippen LogP) is 1.91. The second kappa shape index (κ2) is 5.85. The largest absolute Gasteiger partial charge is 0.396 e. The lowest BCUT2D eigenvalue weighted by atomic mass is 10.3. The summed E-state index contributed by atoms with van der Waals surface area (Å²) in [5.74, 6) is -0.983. The van der Waals surface area contributed by atoms with Crippen LogP contribution in [0.1, 0.15) is 19.3 Å². The van der Waals surface area contributed by atoms with E-state index < -0.39 is 20.7 Å². The Morgan fingerprint density at radius 3 is 2.75 bits per heavy atom. The van der Waals surface area contributed by atoms with Gasteiger partial charge >= 0.3 is 0 Å². The standard InChI is InChI=1S/C12H16ClFN2O3S/c1-19-9-3-2-8(6-9)16-20(17,18)11-5-7(13)4-10(15)12(11)14/h4-5,8-9,16H,2-3,6,15H2,1H3. The molecule has 8 heteroatoms. The summed E-state index contributed by atoms with van der Waals surface area (Å²) in [5, 5.41) is 0.0745. The number of halogens is 2. The molecular formula is C12H16ClFN2O3S. The third-order valence-electron chi connectivity index (χ3n) is 3.36. The van der Waals surface area contributed by atoms with Crippen LogP contribution in [-0.4, -0.2) is 27.7 Å². The van der Waals surface area contributed by atoms with Crippen LogP contribution in [0, 0.1) is 5.82 Å². The van der Waals surface area contributed by atoms with Crippen LogP contribution in [-0.2, 0) is 14.8 Å². The zero-order valence-corrected chi connectivity index (χ0v) is 12.5. The number of anilines is 1. The zero-order chi connectivity index (χ0) is 14.9. The molecule has 0 amide bonds. The number of hydrogen-bond donors (Lipinski definition) is 2. The Morgan fingerprint density at radius 1 is 1.45 bits per heavy atom. The van der Waals surface area contributed by atoms with Crippen molar-refractivity contribution in [2.24, 2.45) is 0 Å². The molecule has 3 N–H and O–H groups in total. The van der Waals surface area contributed by atoms with E-state index >= 15 is 0 Å². The normalized spacial score (nSPS) is 23.1. The van der Waals surface area contributed by atoms with Gasteiger partial charge in [-0.1, -0.05) is 11.6 Å². The Bertz CT molecular complexity index is 609. The lowest BCUT2D eigenvalue weighted by Crippen LogP contribution is -2.34. The number of benzene rings is 1. The molecule has 20 heavy (non-hydrogen) atoms. The lowest BCUT2D eigenvalue weighted by molar-refractivity contribution is 0.107. The van der Waals surface area contributed by atoms with E-state index in [0.29, 0.717) is 12.8 Å². The second-order valence-corrected chi connectivity index (χ2v) is 6.91. The van der Waals surface area contributed by atoms with Crippen molar-refractivity contribution in [1.82, 2.24) is 4.72 Å². The van der Waals surface area contributed by atoms with Crippen LogP contribution >= 0.6 is 11.6 Å². The highest BCUT2D eigenvalue weighted by Gasteiger charge is 2.30. The fraction of sp³-hybridized carbons (Fsp3) is 0.500. The first-order chi connectivity index (χ1) is 9.33. The van der Waals surface area contributed by atoms with Crippen LogP contribution in [0.2, 0.25) is 5.02 Å². The zero-order valence-electron chi connectivity index (χ0n) is 10.9. The summed E-state index contributed by atoms with van der Waals surface area (Å²) in [5.41, 5.74) is 5.11. The predicted molar refractivity (Wildman–Crippen MR) is 74.6 cm³/mol. The van der Waals surface area contributed by atoms with Gasteiger partial charge < -0.3 is 10.5 Å². The van der Waals surface area contributed by atoms with Gasteiger partial charge in [0.1, 0.15) is 4.90 Å². The minimum Gasteiger partial charge on any atom is -0.396 e. The van der Waals surface area contributed by atoms with Gasteiger partial charge in [0, 0.05) is 18.2 Å². The average molecular weight is 323 g/mol. The number of rotatable bonds is 4. The highest BCUT2D eigenvalue weighted by molar-refractivity contribution is 7.89. The van der Waals surface area contributed by atoms with E-state index in [1.165, 1.54) is 6.07 Å². The molecule has 0 aliphatic heterocycles. The van der Waals surface area contributed by atoms with Crippen molar-refractivity contribution in [3.8, 4) is 0 Å². The van der Waals surface area contributed by atoms with Crippen molar-refractivity contribution in [2.75, 3.05) is 12.8 Å². The lowest BCUT2D eigenvalue weighted by Gasteiger charge is -2.14. The second-order valence-electron chi connectivity index (χ2n) is 4.80. The molecule has 112 valence electrons. The molecule has 0 bridgehead atoms. The van der Waals surface area contributed by atoms with Gasteiger partial charge in [0.15, 0.2) is 5.82 Å². The maximum Gasteiger partial charge on any atom is 0.243 e. The van der Waals surface area contributed by atoms with Gasteiger partial charge in [-0.05, 0) is 31.4 Å². The first kappa shape index (κ1) is 15.5. The Morgan fingerprint density at radius 2 is 2.15 bits per heavy atom. The van der Waals surface area contributed by atoms with Gasteiger partial charge in [0.2, 0.25) is 10.0 Å². The number of sulfonamides is 1. The first-order valence-corrected chi connectivity index (χ1v) is 7.99. The average Bonchev–Trinajstić information content (AvgIpc) is 2.80. The van der Waals surface area contributed by atoms with Gasteiger partial charge in [-0.15, -0.1) is 0 Å². The molecule has 0 spiro atoms. The summed E-state index contributed by atoms with van der Waals surface area (Å²) < 4.78 is 45.9. The molecule has 1 fully saturated rings. The smallest absolute Gasteiger partial charge is 0.243 e. The van der Waals surface area contributed by atoms with Crippen LogP contribution in [0.4, 0.5) is 10.1 Å². The van der Waals surface area contributed by atoms with E-state index in [1.54, 1.807) is 7.11 Å². The molecule has 1 aromatic carbocycles. The molecule has 1 aliphatic carbocycles. The molecule has 5 nitrogen and oxygen atoms in total.